The fraction of sp³-hybridized carbons (Fsp3) is 0.167. The first-order valence-electron chi connectivity index (χ1n) is 2.48. The molecule has 0 aliphatic heterocycles. The molecule has 1 aromatic rings. The van der Waals surface area contributed by atoms with Gasteiger partial charge in [-0.05, 0) is 6.07 Å². The predicted octanol–water partition coefficient (Wildman–Crippen LogP) is 2.17. The molecule has 0 aromatic carbocycles. The van der Waals surface area contributed by atoms with Gasteiger partial charge in [0, 0.05) is 6.20 Å². The van der Waals surface area contributed by atoms with Gasteiger partial charge in [-0.3, -0.25) is 4.98 Å². The van der Waals surface area contributed by atoms with Crippen molar-refractivity contribution in [3.8, 4) is 5.75 Å². The van der Waals surface area contributed by atoms with Gasteiger partial charge in [-0.1, -0.05) is 11.6 Å². The molecular weight excluding hydrogens is 173 g/mol. The van der Waals surface area contributed by atoms with Crippen molar-refractivity contribution >= 4 is 24.0 Å². The molecule has 1 aromatic heterocycles. The number of pyridine rings is 1. The minimum Gasteiger partial charge on any atom is -0.494 e. The van der Waals surface area contributed by atoms with Crippen LogP contribution in [0.4, 0.5) is 0 Å². The zero-order valence-electron chi connectivity index (χ0n) is 5.37. The van der Waals surface area contributed by atoms with Crippen LogP contribution in [0.2, 0.25) is 5.02 Å². The second kappa shape index (κ2) is 4.36. The molecule has 1 heterocycles. The average molecular weight is 180 g/mol. The van der Waals surface area contributed by atoms with E-state index >= 15 is 0 Å². The standard InChI is InChI=1S/C6H6ClNO.ClH/c1-9-6-4-8-3-2-5(6)7;/h2-4H,1H3;1H. The van der Waals surface area contributed by atoms with Crippen molar-refractivity contribution in [1.82, 2.24) is 4.98 Å². The number of halogens is 2. The van der Waals surface area contributed by atoms with Crippen LogP contribution in [0.1, 0.15) is 0 Å². The lowest BCUT2D eigenvalue weighted by molar-refractivity contribution is 0.413. The fourth-order valence-electron chi connectivity index (χ4n) is 0.513. The highest BCUT2D eigenvalue weighted by Gasteiger charge is 1.94. The summed E-state index contributed by atoms with van der Waals surface area (Å²) in [6.07, 6.45) is 3.19. The number of rotatable bonds is 1. The van der Waals surface area contributed by atoms with Crippen molar-refractivity contribution < 1.29 is 4.74 Å². The normalized spacial score (nSPS) is 8.20. The molecule has 0 spiro atoms. The molecule has 4 heteroatoms. The molecule has 0 radical (unpaired) electrons. The van der Waals surface area contributed by atoms with Gasteiger partial charge in [0.05, 0.1) is 18.3 Å². The molecule has 0 aliphatic carbocycles. The van der Waals surface area contributed by atoms with E-state index in [9.17, 15) is 0 Å². The maximum Gasteiger partial charge on any atom is 0.155 e. The molecule has 0 amide bonds. The van der Waals surface area contributed by atoms with Crippen LogP contribution in [0.5, 0.6) is 5.75 Å². The van der Waals surface area contributed by atoms with E-state index in [-0.39, 0.29) is 12.4 Å². The Balaban J connectivity index is 0.000000810. The Morgan fingerprint density at radius 2 is 2.30 bits per heavy atom. The smallest absolute Gasteiger partial charge is 0.155 e. The molecular formula is C6H7Cl2NO. The third-order valence-electron chi connectivity index (χ3n) is 0.954. The molecule has 0 aliphatic rings. The van der Waals surface area contributed by atoms with E-state index in [0.29, 0.717) is 10.8 Å². The third-order valence-corrected chi connectivity index (χ3v) is 1.27. The molecule has 0 saturated heterocycles. The number of nitrogens with zero attached hydrogens (tertiary/aromatic N) is 1. The van der Waals surface area contributed by atoms with Crippen molar-refractivity contribution in [2.75, 3.05) is 7.11 Å². The Morgan fingerprint density at radius 1 is 1.60 bits per heavy atom. The van der Waals surface area contributed by atoms with Crippen LogP contribution in [0.15, 0.2) is 18.5 Å². The molecule has 0 bridgehead atoms. The summed E-state index contributed by atoms with van der Waals surface area (Å²) in [4.78, 5) is 3.81. The van der Waals surface area contributed by atoms with Crippen molar-refractivity contribution in [3.63, 3.8) is 0 Å². The van der Waals surface area contributed by atoms with Gasteiger partial charge < -0.3 is 4.74 Å². The van der Waals surface area contributed by atoms with E-state index in [1.807, 2.05) is 0 Å². The molecule has 0 saturated carbocycles. The minimum atomic E-state index is 0. The number of ether oxygens (including phenoxy) is 1. The lowest BCUT2D eigenvalue weighted by atomic mass is 10.5. The van der Waals surface area contributed by atoms with Gasteiger partial charge >= 0.3 is 0 Å². The second-order valence-electron chi connectivity index (χ2n) is 1.51. The zero-order valence-corrected chi connectivity index (χ0v) is 6.95. The summed E-state index contributed by atoms with van der Waals surface area (Å²) in [5.41, 5.74) is 0. The molecule has 1 rings (SSSR count). The maximum absolute atomic E-state index is 5.66. The second-order valence-corrected chi connectivity index (χ2v) is 1.92. The summed E-state index contributed by atoms with van der Waals surface area (Å²) < 4.78 is 4.85. The maximum atomic E-state index is 5.66. The van der Waals surface area contributed by atoms with Gasteiger partial charge in [-0.25, -0.2) is 0 Å². The summed E-state index contributed by atoms with van der Waals surface area (Å²) in [6.45, 7) is 0. The summed E-state index contributed by atoms with van der Waals surface area (Å²) in [5, 5.41) is 0.590. The lowest BCUT2D eigenvalue weighted by Crippen LogP contribution is -1.83. The van der Waals surface area contributed by atoms with Crippen molar-refractivity contribution in [1.29, 1.82) is 0 Å². The highest BCUT2D eigenvalue weighted by molar-refractivity contribution is 6.31. The van der Waals surface area contributed by atoms with Gasteiger partial charge in [0.15, 0.2) is 5.75 Å². The Bertz CT molecular complexity index is 205. The van der Waals surface area contributed by atoms with Gasteiger partial charge in [0.25, 0.3) is 0 Å². The van der Waals surface area contributed by atoms with E-state index in [0.717, 1.165) is 0 Å². The fourth-order valence-corrected chi connectivity index (χ4v) is 0.695. The number of hydrogen-bond acceptors (Lipinski definition) is 2. The SMILES string of the molecule is COc1cnccc1Cl.Cl. The molecule has 56 valence electrons. The molecule has 2 nitrogen and oxygen atoms in total. The largest absolute Gasteiger partial charge is 0.494 e. The molecule has 0 N–H and O–H groups in total. The number of methoxy groups -OCH3 is 1. The quantitative estimate of drug-likeness (QED) is 0.660. The first-order chi connectivity index (χ1) is 4.34. The van der Waals surface area contributed by atoms with Gasteiger partial charge in [-0.2, -0.15) is 0 Å². The van der Waals surface area contributed by atoms with E-state index in [1.165, 1.54) is 0 Å². The summed E-state index contributed by atoms with van der Waals surface area (Å²) >= 11 is 5.66. The van der Waals surface area contributed by atoms with Gasteiger partial charge in [-0.15, -0.1) is 12.4 Å². The zero-order chi connectivity index (χ0) is 6.69. The summed E-state index contributed by atoms with van der Waals surface area (Å²) in [6, 6.07) is 1.68. The van der Waals surface area contributed by atoms with Crippen molar-refractivity contribution in [2.24, 2.45) is 0 Å². The topological polar surface area (TPSA) is 22.1 Å². The molecule has 0 atom stereocenters. The van der Waals surface area contributed by atoms with Crippen LogP contribution in [-0.2, 0) is 0 Å². The number of hydrogen-bond donors (Lipinski definition) is 0. The van der Waals surface area contributed by atoms with Crippen LogP contribution in [0, 0.1) is 0 Å². The van der Waals surface area contributed by atoms with E-state index in [1.54, 1.807) is 25.6 Å². The Hall–Kier alpha value is -0.470. The van der Waals surface area contributed by atoms with Crippen molar-refractivity contribution in [2.45, 2.75) is 0 Å². The molecule has 10 heavy (non-hydrogen) atoms. The van der Waals surface area contributed by atoms with E-state index in [4.69, 9.17) is 16.3 Å². The van der Waals surface area contributed by atoms with Crippen LogP contribution < -0.4 is 4.74 Å². The Labute approximate surface area is 70.6 Å². The molecule has 0 fully saturated rings. The van der Waals surface area contributed by atoms with Crippen LogP contribution in [0.3, 0.4) is 0 Å². The van der Waals surface area contributed by atoms with Crippen LogP contribution in [0.25, 0.3) is 0 Å². The lowest BCUT2D eigenvalue weighted by Gasteiger charge is -1.97. The van der Waals surface area contributed by atoms with Gasteiger partial charge in [0.1, 0.15) is 0 Å². The Kier molecular flexibility index (Phi) is 4.16. The van der Waals surface area contributed by atoms with E-state index in [2.05, 4.69) is 4.98 Å². The van der Waals surface area contributed by atoms with Crippen LogP contribution in [-0.4, -0.2) is 12.1 Å². The Morgan fingerprint density at radius 3 is 2.70 bits per heavy atom. The average Bonchev–Trinajstić information content (AvgIpc) is 1.89. The predicted molar refractivity (Wildman–Crippen MR) is 43.0 cm³/mol. The monoisotopic (exact) mass is 179 g/mol. The van der Waals surface area contributed by atoms with Crippen molar-refractivity contribution in [3.05, 3.63) is 23.5 Å². The third kappa shape index (κ3) is 2.05. The van der Waals surface area contributed by atoms with Gasteiger partial charge in [0.2, 0.25) is 0 Å². The van der Waals surface area contributed by atoms with E-state index < -0.39 is 0 Å². The first kappa shape index (κ1) is 9.53. The molecule has 0 unspecified atom stereocenters. The summed E-state index contributed by atoms with van der Waals surface area (Å²) in [7, 11) is 1.56. The van der Waals surface area contributed by atoms with Crippen LogP contribution >= 0.6 is 24.0 Å². The summed E-state index contributed by atoms with van der Waals surface area (Å²) in [5.74, 6) is 0.610. The minimum absolute atomic E-state index is 0. The first-order valence-corrected chi connectivity index (χ1v) is 2.86. The highest BCUT2D eigenvalue weighted by Crippen LogP contribution is 2.20. The highest BCUT2D eigenvalue weighted by atomic mass is 35.5. The number of aromatic nitrogens is 1.